The van der Waals surface area contributed by atoms with Gasteiger partial charge in [0.05, 0.1) is 4.90 Å². The molecule has 152 valence electrons. The predicted molar refractivity (Wildman–Crippen MR) is 115 cm³/mol. The first-order valence-corrected chi connectivity index (χ1v) is 10.7. The van der Waals surface area contributed by atoms with E-state index < -0.39 is 15.9 Å². The highest BCUT2D eigenvalue weighted by Crippen LogP contribution is 2.21. The number of benzene rings is 3. The molecular formula is C22H19N3O4S. The fraction of sp³-hybridized carbons (Fsp3) is 0.0909. The van der Waals surface area contributed by atoms with E-state index in [2.05, 4.69) is 15.0 Å². The van der Waals surface area contributed by atoms with Crippen LogP contribution in [-0.4, -0.2) is 19.3 Å². The molecule has 4 aromatic rings. The van der Waals surface area contributed by atoms with Gasteiger partial charge in [0.2, 0.25) is 0 Å². The van der Waals surface area contributed by atoms with Gasteiger partial charge >= 0.3 is 0 Å². The average Bonchev–Trinajstić information content (AvgIpc) is 3.07. The summed E-state index contributed by atoms with van der Waals surface area (Å²) >= 11 is 0. The molecule has 0 spiro atoms. The van der Waals surface area contributed by atoms with Gasteiger partial charge in [-0.2, -0.15) is 0 Å². The van der Waals surface area contributed by atoms with Crippen molar-refractivity contribution in [1.82, 2.24) is 4.98 Å². The number of hydrogen-bond donors (Lipinski definition) is 2. The Morgan fingerprint density at radius 2 is 1.73 bits per heavy atom. The predicted octanol–water partition coefficient (Wildman–Crippen LogP) is 4.50. The van der Waals surface area contributed by atoms with Crippen molar-refractivity contribution in [3.63, 3.8) is 0 Å². The Morgan fingerprint density at radius 1 is 0.933 bits per heavy atom. The first-order valence-electron chi connectivity index (χ1n) is 9.18. The van der Waals surface area contributed by atoms with Gasteiger partial charge < -0.3 is 9.73 Å². The van der Waals surface area contributed by atoms with Crippen molar-refractivity contribution in [1.29, 1.82) is 0 Å². The molecule has 0 saturated heterocycles. The van der Waals surface area contributed by atoms with Gasteiger partial charge in [-0.05, 0) is 61.0 Å². The summed E-state index contributed by atoms with van der Waals surface area (Å²) in [5, 5.41) is 2.76. The van der Waals surface area contributed by atoms with Crippen LogP contribution < -0.4 is 10.0 Å². The van der Waals surface area contributed by atoms with Crippen LogP contribution in [0.2, 0.25) is 0 Å². The number of nitrogens with one attached hydrogen (secondary N) is 2. The molecule has 8 heteroatoms. The molecule has 4 rings (SSSR count). The number of hydrogen-bond acceptors (Lipinski definition) is 5. The van der Waals surface area contributed by atoms with E-state index in [0.717, 1.165) is 5.56 Å². The molecule has 1 heterocycles. The minimum Gasteiger partial charge on any atom is -0.441 e. The third-order valence-corrected chi connectivity index (χ3v) is 5.81. The number of fused-ring (bicyclic) bond motifs is 1. The number of sulfonamides is 1. The zero-order chi connectivity index (χ0) is 21.3. The van der Waals surface area contributed by atoms with Crippen LogP contribution in [0.5, 0.6) is 0 Å². The Kier molecular flexibility index (Phi) is 5.01. The zero-order valence-electron chi connectivity index (χ0n) is 16.3. The van der Waals surface area contributed by atoms with E-state index in [0.29, 0.717) is 28.4 Å². The third-order valence-electron chi connectivity index (χ3n) is 4.43. The Labute approximate surface area is 173 Å². The van der Waals surface area contributed by atoms with Crippen molar-refractivity contribution in [2.24, 2.45) is 0 Å². The highest BCUT2D eigenvalue weighted by Gasteiger charge is 2.17. The van der Waals surface area contributed by atoms with Crippen LogP contribution in [0.4, 0.5) is 11.4 Å². The summed E-state index contributed by atoms with van der Waals surface area (Å²) in [7, 11) is -3.84. The van der Waals surface area contributed by atoms with Crippen LogP contribution in [-0.2, 0) is 10.0 Å². The molecule has 0 aliphatic carbocycles. The lowest BCUT2D eigenvalue weighted by Crippen LogP contribution is -2.16. The Balaban J connectivity index is 1.56. The van der Waals surface area contributed by atoms with Crippen molar-refractivity contribution in [2.45, 2.75) is 18.7 Å². The number of amides is 1. The lowest BCUT2D eigenvalue weighted by atomic mass is 10.2. The number of carbonyl (C=O) groups is 1. The molecule has 0 aliphatic rings. The molecule has 0 radical (unpaired) electrons. The molecule has 3 aromatic carbocycles. The number of oxazole rings is 1. The minimum atomic E-state index is -3.84. The first-order chi connectivity index (χ1) is 14.3. The van der Waals surface area contributed by atoms with Crippen LogP contribution in [0.15, 0.2) is 76.0 Å². The molecule has 0 fully saturated rings. The average molecular weight is 421 g/mol. The number of carbonyl (C=O) groups excluding carboxylic acids is 1. The van der Waals surface area contributed by atoms with E-state index in [1.54, 1.807) is 49.4 Å². The van der Waals surface area contributed by atoms with Gasteiger partial charge in [-0.1, -0.05) is 18.2 Å². The van der Waals surface area contributed by atoms with E-state index in [9.17, 15) is 13.2 Å². The number of aryl methyl sites for hydroxylation is 2. The van der Waals surface area contributed by atoms with E-state index in [1.807, 2.05) is 13.0 Å². The highest BCUT2D eigenvalue weighted by atomic mass is 32.2. The third kappa shape index (κ3) is 4.18. The fourth-order valence-electron chi connectivity index (χ4n) is 3.05. The minimum absolute atomic E-state index is 0.000709. The summed E-state index contributed by atoms with van der Waals surface area (Å²) in [6, 6.07) is 18.0. The molecular weight excluding hydrogens is 402 g/mol. The van der Waals surface area contributed by atoms with Crippen molar-refractivity contribution in [2.75, 3.05) is 10.0 Å². The molecule has 0 aliphatic heterocycles. The van der Waals surface area contributed by atoms with Crippen LogP contribution in [0.25, 0.3) is 11.1 Å². The van der Waals surface area contributed by atoms with Crippen LogP contribution in [0, 0.1) is 13.8 Å². The Bertz CT molecular complexity index is 1360. The Hall–Kier alpha value is -3.65. The van der Waals surface area contributed by atoms with E-state index in [1.165, 1.54) is 18.2 Å². The SMILES string of the molecule is Cc1cccc(NS(=O)(=O)c2cccc(C(=O)Nc3ccc4oc(C)nc4c3)c2)c1. The van der Waals surface area contributed by atoms with Gasteiger partial charge in [0, 0.05) is 23.9 Å². The topological polar surface area (TPSA) is 101 Å². The highest BCUT2D eigenvalue weighted by molar-refractivity contribution is 7.92. The summed E-state index contributed by atoms with van der Waals surface area (Å²) < 4.78 is 33.4. The van der Waals surface area contributed by atoms with Gasteiger partial charge in [-0.25, -0.2) is 13.4 Å². The second-order valence-corrected chi connectivity index (χ2v) is 8.55. The molecule has 0 saturated carbocycles. The standard InChI is InChI=1S/C22H19N3O4S/c1-14-5-3-7-18(11-14)25-30(27,28)19-8-4-6-16(12-19)22(26)24-17-9-10-21-20(13-17)23-15(2)29-21/h3-13,25H,1-2H3,(H,24,26). The smallest absolute Gasteiger partial charge is 0.261 e. The summed E-state index contributed by atoms with van der Waals surface area (Å²) in [4.78, 5) is 16.9. The van der Waals surface area contributed by atoms with Crippen LogP contribution in [0.3, 0.4) is 0 Å². The lowest BCUT2D eigenvalue weighted by Gasteiger charge is -2.10. The molecule has 7 nitrogen and oxygen atoms in total. The summed E-state index contributed by atoms with van der Waals surface area (Å²) in [6.45, 7) is 3.62. The lowest BCUT2D eigenvalue weighted by molar-refractivity contribution is 0.102. The Morgan fingerprint density at radius 3 is 2.53 bits per heavy atom. The zero-order valence-corrected chi connectivity index (χ0v) is 17.2. The largest absolute Gasteiger partial charge is 0.441 e. The van der Waals surface area contributed by atoms with E-state index in [-0.39, 0.29) is 10.5 Å². The molecule has 0 unspecified atom stereocenters. The van der Waals surface area contributed by atoms with Gasteiger partial charge in [-0.15, -0.1) is 0 Å². The number of nitrogens with zero attached hydrogens (tertiary/aromatic N) is 1. The second kappa shape index (κ2) is 7.64. The van der Waals surface area contributed by atoms with Crippen molar-refractivity contribution < 1.29 is 17.6 Å². The number of rotatable bonds is 5. The second-order valence-electron chi connectivity index (χ2n) is 6.87. The molecule has 1 amide bonds. The van der Waals surface area contributed by atoms with Crippen molar-refractivity contribution in [3.05, 3.63) is 83.7 Å². The maximum Gasteiger partial charge on any atom is 0.261 e. The quantitative estimate of drug-likeness (QED) is 0.494. The maximum atomic E-state index is 12.7. The molecule has 0 bridgehead atoms. The van der Waals surface area contributed by atoms with Crippen LogP contribution in [0.1, 0.15) is 21.8 Å². The fourth-order valence-corrected chi connectivity index (χ4v) is 4.15. The molecule has 30 heavy (non-hydrogen) atoms. The molecule has 2 N–H and O–H groups in total. The molecule has 0 atom stereocenters. The summed E-state index contributed by atoms with van der Waals surface area (Å²) in [6.07, 6.45) is 0. The maximum absolute atomic E-state index is 12.7. The van der Waals surface area contributed by atoms with Crippen molar-refractivity contribution in [3.8, 4) is 0 Å². The van der Waals surface area contributed by atoms with Gasteiger partial charge in [0.1, 0.15) is 5.52 Å². The van der Waals surface area contributed by atoms with Gasteiger partial charge in [-0.3, -0.25) is 9.52 Å². The number of anilines is 2. The normalized spacial score (nSPS) is 11.4. The van der Waals surface area contributed by atoms with Crippen LogP contribution >= 0.6 is 0 Å². The monoisotopic (exact) mass is 421 g/mol. The first kappa shape index (κ1) is 19.7. The van der Waals surface area contributed by atoms with Crippen molar-refractivity contribution >= 4 is 38.4 Å². The van der Waals surface area contributed by atoms with Gasteiger partial charge in [0.25, 0.3) is 15.9 Å². The number of aromatic nitrogens is 1. The van der Waals surface area contributed by atoms with E-state index >= 15 is 0 Å². The molecule has 1 aromatic heterocycles. The summed E-state index contributed by atoms with van der Waals surface area (Å²) in [5.41, 5.74) is 3.40. The summed E-state index contributed by atoms with van der Waals surface area (Å²) in [5.74, 6) is 0.106. The van der Waals surface area contributed by atoms with E-state index in [4.69, 9.17) is 4.42 Å². The van der Waals surface area contributed by atoms with Gasteiger partial charge in [0.15, 0.2) is 11.5 Å².